The summed E-state index contributed by atoms with van der Waals surface area (Å²) < 4.78 is 0. The van der Waals surface area contributed by atoms with Gasteiger partial charge in [0.25, 0.3) is 0 Å². The number of piperidine rings is 1. The zero-order chi connectivity index (χ0) is 10.5. The summed E-state index contributed by atoms with van der Waals surface area (Å²) in [6.07, 6.45) is 3.89. The molecule has 15 heavy (non-hydrogen) atoms. The molecule has 0 N–H and O–H groups in total. The van der Waals surface area contributed by atoms with Gasteiger partial charge in [-0.1, -0.05) is 36.2 Å². The van der Waals surface area contributed by atoms with Crippen molar-refractivity contribution < 1.29 is 4.84 Å². The molecule has 1 aromatic rings. The predicted octanol–water partition coefficient (Wildman–Crippen LogP) is 2.91. The average molecular weight is 205 g/mol. The first-order valence-corrected chi connectivity index (χ1v) is 5.78. The van der Waals surface area contributed by atoms with E-state index in [1.54, 1.807) is 0 Å². The Morgan fingerprint density at radius 1 is 1.20 bits per heavy atom. The van der Waals surface area contributed by atoms with Gasteiger partial charge in [-0.2, -0.15) is 5.06 Å². The van der Waals surface area contributed by atoms with Crippen LogP contribution in [0.2, 0.25) is 0 Å². The van der Waals surface area contributed by atoms with Gasteiger partial charge in [0.1, 0.15) is 0 Å². The fourth-order valence-electron chi connectivity index (χ4n) is 1.96. The van der Waals surface area contributed by atoms with E-state index < -0.39 is 0 Å². The van der Waals surface area contributed by atoms with Crippen LogP contribution in [0, 0.1) is 6.92 Å². The molecule has 2 rings (SSSR count). The average Bonchev–Trinajstić information content (AvgIpc) is 2.28. The Kier molecular flexibility index (Phi) is 3.75. The van der Waals surface area contributed by atoms with Crippen LogP contribution in [0.25, 0.3) is 0 Å². The van der Waals surface area contributed by atoms with E-state index in [1.165, 1.54) is 30.4 Å². The first-order valence-electron chi connectivity index (χ1n) is 5.78. The Hall–Kier alpha value is -0.860. The molecular weight excluding hydrogens is 186 g/mol. The van der Waals surface area contributed by atoms with Crippen molar-refractivity contribution in [2.24, 2.45) is 0 Å². The molecule has 1 aromatic carbocycles. The molecule has 0 bridgehead atoms. The monoisotopic (exact) mass is 205 g/mol. The van der Waals surface area contributed by atoms with E-state index in [1.807, 2.05) is 0 Å². The molecule has 2 nitrogen and oxygen atoms in total. The third-order valence-electron chi connectivity index (χ3n) is 2.81. The van der Waals surface area contributed by atoms with Crippen LogP contribution >= 0.6 is 0 Å². The van der Waals surface area contributed by atoms with Crippen LogP contribution < -0.4 is 0 Å². The molecule has 0 aromatic heterocycles. The van der Waals surface area contributed by atoms with E-state index in [4.69, 9.17) is 4.84 Å². The number of hydroxylamine groups is 2. The van der Waals surface area contributed by atoms with E-state index in [9.17, 15) is 0 Å². The third-order valence-corrected chi connectivity index (χ3v) is 2.81. The quantitative estimate of drug-likeness (QED) is 0.752. The fraction of sp³-hybridized carbons (Fsp3) is 0.538. The van der Waals surface area contributed by atoms with Gasteiger partial charge in [0.2, 0.25) is 0 Å². The van der Waals surface area contributed by atoms with Crippen molar-refractivity contribution in [1.82, 2.24) is 5.06 Å². The van der Waals surface area contributed by atoms with E-state index in [-0.39, 0.29) is 0 Å². The summed E-state index contributed by atoms with van der Waals surface area (Å²) in [6.45, 7) is 5.00. The van der Waals surface area contributed by atoms with Crippen molar-refractivity contribution in [1.29, 1.82) is 0 Å². The lowest BCUT2D eigenvalue weighted by Crippen LogP contribution is -2.29. The highest BCUT2D eigenvalue weighted by molar-refractivity contribution is 5.21. The minimum atomic E-state index is 0.710. The van der Waals surface area contributed by atoms with Gasteiger partial charge < -0.3 is 0 Å². The highest BCUT2D eigenvalue weighted by atomic mass is 16.7. The van der Waals surface area contributed by atoms with Crippen LogP contribution in [-0.2, 0) is 11.4 Å². The minimum absolute atomic E-state index is 0.710. The second-order valence-corrected chi connectivity index (χ2v) is 4.25. The predicted molar refractivity (Wildman–Crippen MR) is 61.4 cm³/mol. The van der Waals surface area contributed by atoms with Crippen molar-refractivity contribution in [2.45, 2.75) is 32.8 Å². The van der Waals surface area contributed by atoms with Crippen molar-refractivity contribution >= 4 is 0 Å². The second kappa shape index (κ2) is 5.29. The molecular formula is C13H19NO. The molecule has 1 saturated heterocycles. The largest absolute Gasteiger partial charge is 0.294 e. The van der Waals surface area contributed by atoms with E-state index >= 15 is 0 Å². The highest BCUT2D eigenvalue weighted by Crippen LogP contribution is 2.11. The lowest BCUT2D eigenvalue weighted by atomic mass is 10.1. The Balaban J connectivity index is 1.81. The standard InChI is InChI=1S/C13H19NO/c1-12-6-5-7-13(10-12)11-15-14-8-3-2-4-9-14/h5-7,10H,2-4,8-9,11H2,1H3. The molecule has 0 unspecified atom stereocenters. The molecule has 0 amide bonds. The van der Waals surface area contributed by atoms with Crippen molar-refractivity contribution in [2.75, 3.05) is 13.1 Å². The summed E-state index contributed by atoms with van der Waals surface area (Å²) >= 11 is 0. The number of rotatable bonds is 3. The van der Waals surface area contributed by atoms with Crippen molar-refractivity contribution in [3.05, 3.63) is 35.4 Å². The molecule has 0 saturated carbocycles. The van der Waals surface area contributed by atoms with E-state index in [0.29, 0.717) is 6.61 Å². The summed E-state index contributed by atoms with van der Waals surface area (Å²) in [5, 5.41) is 2.10. The molecule has 1 aliphatic rings. The molecule has 1 heterocycles. The molecule has 1 fully saturated rings. The fourth-order valence-corrected chi connectivity index (χ4v) is 1.96. The van der Waals surface area contributed by atoms with Crippen LogP contribution in [-0.4, -0.2) is 18.2 Å². The minimum Gasteiger partial charge on any atom is -0.294 e. The van der Waals surface area contributed by atoms with Gasteiger partial charge in [-0.3, -0.25) is 4.84 Å². The SMILES string of the molecule is Cc1cccc(CON2CCCCC2)c1. The maximum Gasteiger partial charge on any atom is 0.0936 e. The normalized spacial score (nSPS) is 17.9. The van der Waals surface area contributed by atoms with E-state index in [2.05, 4.69) is 36.3 Å². The Morgan fingerprint density at radius 2 is 2.00 bits per heavy atom. The Morgan fingerprint density at radius 3 is 2.73 bits per heavy atom. The van der Waals surface area contributed by atoms with Crippen LogP contribution in [0.5, 0.6) is 0 Å². The number of nitrogens with zero attached hydrogens (tertiary/aromatic N) is 1. The van der Waals surface area contributed by atoms with Crippen LogP contribution in [0.1, 0.15) is 30.4 Å². The van der Waals surface area contributed by atoms with Gasteiger partial charge in [0.15, 0.2) is 0 Å². The Bertz CT molecular complexity index is 305. The smallest absolute Gasteiger partial charge is 0.0936 e. The maximum atomic E-state index is 5.76. The van der Waals surface area contributed by atoms with Gasteiger partial charge in [0.05, 0.1) is 6.61 Å². The molecule has 1 aliphatic heterocycles. The number of benzene rings is 1. The summed E-state index contributed by atoms with van der Waals surface area (Å²) in [6, 6.07) is 8.51. The van der Waals surface area contributed by atoms with Crippen LogP contribution in [0.15, 0.2) is 24.3 Å². The Labute approximate surface area is 91.8 Å². The lowest BCUT2D eigenvalue weighted by Gasteiger charge is -2.25. The maximum absolute atomic E-state index is 5.76. The second-order valence-electron chi connectivity index (χ2n) is 4.25. The summed E-state index contributed by atoms with van der Waals surface area (Å²) in [7, 11) is 0. The molecule has 0 atom stereocenters. The van der Waals surface area contributed by atoms with Gasteiger partial charge in [0, 0.05) is 13.1 Å². The van der Waals surface area contributed by atoms with Gasteiger partial charge in [-0.05, 0) is 25.3 Å². The molecule has 82 valence electrons. The summed E-state index contributed by atoms with van der Waals surface area (Å²) in [5.41, 5.74) is 2.57. The lowest BCUT2D eigenvalue weighted by molar-refractivity contribution is -0.178. The summed E-state index contributed by atoms with van der Waals surface area (Å²) in [5.74, 6) is 0. The number of hydrogen-bond donors (Lipinski definition) is 0. The van der Waals surface area contributed by atoms with Gasteiger partial charge in [-0.15, -0.1) is 0 Å². The number of hydrogen-bond acceptors (Lipinski definition) is 2. The van der Waals surface area contributed by atoms with E-state index in [0.717, 1.165) is 13.1 Å². The molecule has 0 radical (unpaired) electrons. The molecule has 2 heteroatoms. The zero-order valence-electron chi connectivity index (χ0n) is 9.41. The topological polar surface area (TPSA) is 12.5 Å². The van der Waals surface area contributed by atoms with Crippen molar-refractivity contribution in [3.63, 3.8) is 0 Å². The van der Waals surface area contributed by atoms with Crippen molar-refractivity contribution in [3.8, 4) is 0 Å². The summed E-state index contributed by atoms with van der Waals surface area (Å²) in [4.78, 5) is 5.76. The molecule has 0 aliphatic carbocycles. The van der Waals surface area contributed by atoms with Gasteiger partial charge in [-0.25, -0.2) is 0 Å². The number of aryl methyl sites for hydroxylation is 1. The zero-order valence-corrected chi connectivity index (χ0v) is 9.41. The first-order chi connectivity index (χ1) is 7.34. The van der Waals surface area contributed by atoms with Crippen LogP contribution in [0.4, 0.5) is 0 Å². The highest BCUT2D eigenvalue weighted by Gasteiger charge is 2.10. The van der Waals surface area contributed by atoms with Gasteiger partial charge >= 0.3 is 0 Å². The first kappa shape index (κ1) is 10.7. The third kappa shape index (κ3) is 3.33. The van der Waals surface area contributed by atoms with Crippen LogP contribution in [0.3, 0.4) is 0 Å². The molecule has 0 spiro atoms.